The molecule has 0 spiro atoms. The van der Waals surface area contributed by atoms with Gasteiger partial charge in [-0.2, -0.15) is 0 Å². The highest BCUT2D eigenvalue weighted by atomic mass is 16.5. The van der Waals surface area contributed by atoms with E-state index in [4.69, 9.17) is 4.74 Å². The molecule has 1 fully saturated rings. The summed E-state index contributed by atoms with van der Waals surface area (Å²) >= 11 is 0. The minimum Gasteiger partial charge on any atom is -0.464 e. The van der Waals surface area contributed by atoms with Gasteiger partial charge in [0.15, 0.2) is 11.8 Å². The molecule has 0 heterocycles. The average Bonchev–Trinajstić information content (AvgIpc) is 2.60. The zero-order valence-corrected chi connectivity index (χ0v) is 13.4. The van der Waals surface area contributed by atoms with E-state index >= 15 is 0 Å². The van der Waals surface area contributed by atoms with Crippen LogP contribution in [0.4, 0.5) is 0 Å². The van der Waals surface area contributed by atoms with Crippen LogP contribution in [-0.4, -0.2) is 30.3 Å². The number of ether oxygens (including phenoxy) is 1. The third-order valence-electron chi connectivity index (χ3n) is 4.13. The number of rotatable bonds is 6. The van der Waals surface area contributed by atoms with Gasteiger partial charge in [0.25, 0.3) is 5.91 Å². The monoisotopic (exact) mass is 317 g/mol. The van der Waals surface area contributed by atoms with Crippen molar-refractivity contribution in [2.45, 2.75) is 45.1 Å². The number of benzene rings is 1. The molecule has 1 atom stereocenters. The molecule has 1 N–H and O–H groups in total. The number of hydrogen-bond donors (Lipinski definition) is 1. The van der Waals surface area contributed by atoms with Crippen molar-refractivity contribution in [3.05, 3.63) is 35.9 Å². The van der Waals surface area contributed by atoms with Gasteiger partial charge in [-0.15, -0.1) is 0 Å². The van der Waals surface area contributed by atoms with E-state index in [9.17, 15) is 14.4 Å². The van der Waals surface area contributed by atoms with Gasteiger partial charge in [-0.3, -0.25) is 9.59 Å². The highest BCUT2D eigenvalue weighted by Crippen LogP contribution is 2.25. The number of carbonyl (C=O) groups excluding carboxylic acids is 3. The Labute approximate surface area is 136 Å². The van der Waals surface area contributed by atoms with Crippen LogP contribution in [-0.2, 0) is 14.3 Å². The van der Waals surface area contributed by atoms with Crippen molar-refractivity contribution < 1.29 is 19.1 Å². The van der Waals surface area contributed by atoms with Crippen LogP contribution in [0.25, 0.3) is 0 Å². The van der Waals surface area contributed by atoms with Crippen molar-refractivity contribution in [2.24, 2.45) is 5.92 Å². The van der Waals surface area contributed by atoms with E-state index in [0.717, 1.165) is 32.1 Å². The fraction of sp³-hybridized carbons (Fsp3) is 0.500. The largest absolute Gasteiger partial charge is 0.464 e. The van der Waals surface area contributed by atoms with Gasteiger partial charge in [0.2, 0.25) is 0 Å². The predicted molar refractivity (Wildman–Crippen MR) is 85.9 cm³/mol. The van der Waals surface area contributed by atoms with Gasteiger partial charge in [0, 0.05) is 11.5 Å². The normalized spacial score (nSPS) is 16.4. The highest BCUT2D eigenvalue weighted by molar-refractivity contribution is 6.08. The topological polar surface area (TPSA) is 72.5 Å². The summed E-state index contributed by atoms with van der Waals surface area (Å²) in [5.41, 5.74) is 0.415. The summed E-state index contributed by atoms with van der Waals surface area (Å²) < 4.78 is 4.98. The van der Waals surface area contributed by atoms with Gasteiger partial charge in [0.1, 0.15) is 0 Å². The van der Waals surface area contributed by atoms with E-state index < -0.39 is 17.9 Å². The summed E-state index contributed by atoms with van der Waals surface area (Å²) in [4.78, 5) is 37.1. The quantitative estimate of drug-likeness (QED) is 0.646. The summed E-state index contributed by atoms with van der Waals surface area (Å²) in [7, 11) is 0. The molecule has 5 nitrogen and oxygen atoms in total. The van der Waals surface area contributed by atoms with Crippen molar-refractivity contribution >= 4 is 17.7 Å². The lowest BCUT2D eigenvalue weighted by molar-refractivity contribution is -0.149. The molecule has 124 valence electrons. The maximum absolute atomic E-state index is 12.7. The fourth-order valence-corrected chi connectivity index (χ4v) is 2.90. The van der Waals surface area contributed by atoms with Crippen LogP contribution >= 0.6 is 0 Å². The predicted octanol–water partition coefficient (Wildman–Crippen LogP) is 2.50. The molecule has 1 aromatic carbocycles. The molecule has 1 amide bonds. The van der Waals surface area contributed by atoms with Crippen LogP contribution < -0.4 is 5.32 Å². The maximum atomic E-state index is 12.7. The number of esters is 1. The maximum Gasteiger partial charge on any atom is 0.336 e. The Kier molecular flexibility index (Phi) is 6.32. The minimum atomic E-state index is -1.22. The van der Waals surface area contributed by atoms with Crippen LogP contribution in [0.3, 0.4) is 0 Å². The van der Waals surface area contributed by atoms with E-state index in [1.54, 1.807) is 37.3 Å². The second-order valence-electron chi connectivity index (χ2n) is 5.76. The van der Waals surface area contributed by atoms with E-state index in [1.807, 2.05) is 0 Å². The van der Waals surface area contributed by atoms with E-state index in [0.29, 0.717) is 5.56 Å². The molecule has 1 aromatic rings. The molecule has 0 saturated heterocycles. The molecule has 1 unspecified atom stereocenters. The highest BCUT2D eigenvalue weighted by Gasteiger charge is 2.35. The number of hydrogen-bond acceptors (Lipinski definition) is 4. The van der Waals surface area contributed by atoms with Crippen LogP contribution in [0.2, 0.25) is 0 Å². The lowest BCUT2D eigenvalue weighted by Gasteiger charge is -2.24. The summed E-state index contributed by atoms with van der Waals surface area (Å²) in [6, 6.07) is 7.33. The fourth-order valence-electron chi connectivity index (χ4n) is 2.90. The van der Waals surface area contributed by atoms with Gasteiger partial charge in [-0.25, -0.2) is 4.79 Å². The van der Waals surface area contributed by atoms with Crippen LogP contribution in [0.15, 0.2) is 30.3 Å². The molecule has 5 heteroatoms. The number of ketones is 1. The van der Waals surface area contributed by atoms with Gasteiger partial charge in [-0.05, 0) is 31.9 Å². The Balaban J connectivity index is 2.11. The SMILES string of the molecule is CCOC(=O)C(NC(=O)c1ccccc1)C(=O)C1CCCCC1. The van der Waals surface area contributed by atoms with Crippen molar-refractivity contribution in [2.75, 3.05) is 6.61 Å². The molecule has 0 bridgehead atoms. The lowest BCUT2D eigenvalue weighted by Crippen LogP contribution is -2.49. The zero-order chi connectivity index (χ0) is 16.7. The third-order valence-corrected chi connectivity index (χ3v) is 4.13. The lowest BCUT2D eigenvalue weighted by atomic mass is 9.83. The average molecular weight is 317 g/mol. The molecule has 0 radical (unpaired) electrons. The van der Waals surface area contributed by atoms with Crippen molar-refractivity contribution in [3.8, 4) is 0 Å². The van der Waals surface area contributed by atoms with Crippen LogP contribution in [0.5, 0.6) is 0 Å². The Morgan fingerprint density at radius 2 is 1.78 bits per heavy atom. The first-order valence-electron chi connectivity index (χ1n) is 8.19. The van der Waals surface area contributed by atoms with Crippen LogP contribution in [0.1, 0.15) is 49.4 Å². The first-order valence-corrected chi connectivity index (χ1v) is 8.19. The second-order valence-corrected chi connectivity index (χ2v) is 5.76. The van der Waals surface area contributed by atoms with Crippen molar-refractivity contribution in [1.82, 2.24) is 5.32 Å². The Hall–Kier alpha value is -2.17. The Bertz CT molecular complexity index is 549. The summed E-state index contributed by atoms with van der Waals surface area (Å²) in [6.07, 6.45) is 4.63. The number of Topliss-reactive ketones (excluding diaryl/α,β-unsaturated/α-hetero) is 1. The minimum absolute atomic E-state index is 0.172. The molecule has 1 saturated carbocycles. The van der Waals surface area contributed by atoms with Gasteiger partial charge in [-0.1, -0.05) is 37.5 Å². The standard InChI is InChI=1S/C18H23NO4/c1-2-23-18(22)15(16(20)13-9-5-3-6-10-13)19-17(21)14-11-7-4-8-12-14/h4,7-8,11-13,15H,2-3,5-6,9-10H2,1H3,(H,19,21). The zero-order valence-electron chi connectivity index (χ0n) is 13.4. The number of amides is 1. The molecular formula is C18H23NO4. The van der Waals surface area contributed by atoms with Crippen LogP contribution in [0, 0.1) is 5.92 Å². The molecular weight excluding hydrogens is 294 g/mol. The van der Waals surface area contributed by atoms with Crippen molar-refractivity contribution in [3.63, 3.8) is 0 Å². The Morgan fingerprint density at radius 3 is 2.39 bits per heavy atom. The molecule has 2 rings (SSSR count). The van der Waals surface area contributed by atoms with Crippen molar-refractivity contribution in [1.29, 1.82) is 0 Å². The number of carbonyl (C=O) groups is 3. The summed E-state index contributed by atoms with van der Waals surface area (Å²) in [5, 5.41) is 2.55. The first kappa shape index (κ1) is 17.2. The van der Waals surface area contributed by atoms with E-state index in [2.05, 4.69) is 5.32 Å². The molecule has 1 aliphatic rings. The van der Waals surface area contributed by atoms with Gasteiger partial charge < -0.3 is 10.1 Å². The first-order chi connectivity index (χ1) is 11.1. The molecule has 0 aliphatic heterocycles. The van der Waals surface area contributed by atoms with E-state index in [-0.39, 0.29) is 18.3 Å². The second kappa shape index (κ2) is 8.46. The van der Waals surface area contributed by atoms with E-state index in [1.165, 1.54) is 0 Å². The molecule has 0 aromatic heterocycles. The smallest absolute Gasteiger partial charge is 0.336 e. The summed E-state index contributed by atoms with van der Waals surface area (Å²) in [6.45, 7) is 1.85. The van der Waals surface area contributed by atoms with Gasteiger partial charge >= 0.3 is 5.97 Å². The number of nitrogens with one attached hydrogen (secondary N) is 1. The molecule has 1 aliphatic carbocycles. The van der Waals surface area contributed by atoms with Gasteiger partial charge in [0.05, 0.1) is 6.61 Å². The third kappa shape index (κ3) is 4.65. The Morgan fingerprint density at radius 1 is 1.13 bits per heavy atom. The summed E-state index contributed by atoms with van der Waals surface area (Å²) in [5.74, 6) is -1.51. The molecule has 23 heavy (non-hydrogen) atoms.